The number of rotatable bonds is 8. The predicted octanol–water partition coefficient (Wildman–Crippen LogP) is 3.45. The van der Waals surface area contributed by atoms with Gasteiger partial charge in [0.05, 0.1) is 6.08 Å². The highest BCUT2D eigenvalue weighted by Crippen LogP contribution is 2.12. The van der Waals surface area contributed by atoms with Crippen molar-refractivity contribution in [2.45, 2.75) is 19.4 Å². The van der Waals surface area contributed by atoms with Gasteiger partial charge in [-0.15, -0.1) is 0 Å². The normalized spacial score (nSPS) is 11.3. The molecule has 1 amide bonds. The first-order valence-electron chi connectivity index (χ1n) is 8.27. The molecule has 142 valence electrons. The molecule has 2 aromatic rings. The molecule has 0 saturated carbocycles. The molecule has 5 nitrogen and oxygen atoms in total. The van der Waals surface area contributed by atoms with Crippen molar-refractivity contribution < 1.29 is 28.6 Å². The smallest absolute Gasteiger partial charge is 0.371 e. The van der Waals surface area contributed by atoms with Crippen LogP contribution in [0.4, 0.5) is 8.78 Å². The second-order valence-corrected chi connectivity index (χ2v) is 5.92. The van der Waals surface area contributed by atoms with Crippen molar-refractivity contribution in [3.05, 3.63) is 83.1 Å². The maximum absolute atomic E-state index is 13.7. The summed E-state index contributed by atoms with van der Waals surface area (Å²) in [6, 6.07) is 11.8. The predicted molar refractivity (Wildman–Crippen MR) is 94.9 cm³/mol. The molecule has 27 heavy (non-hydrogen) atoms. The van der Waals surface area contributed by atoms with Crippen molar-refractivity contribution in [2.24, 2.45) is 0 Å². The molecule has 2 N–H and O–H groups in total. The molecule has 7 heteroatoms. The van der Waals surface area contributed by atoms with E-state index in [1.165, 1.54) is 35.2 Å². The van der Waals surface area contributed by atoms with E-state index in [-0.39, 0.29) is 18.9 Å². The number of benzene rings is 2. The van der Waals surface area contributed by atoms with Crippen molar-refractivity contribution in [2.75, 3.05) is 6.54 Å². The minimum absolute atomic E-state index is 0.0970. The van der Waals surface area contributed by atoms with E-state index >= 15 is 0 Å². The van der Waals surface area contributed by atoms with Crippen LogP contribution in [0.3, 0.4) is 0 Å². The van der Waals surface area contributed by atoms with Crippen molar-refractivity contribution in [1.82, 2.24) is 4.90 Å². The molecule has 0 aromatic heterocycles. The van der Waals surface area contributed by atoms with E-state index in [4.69, 9.17) is 5.11 Å². The molecular formula is C20H19F2NO4. The lowest BCUT2D eigenvalue weighted by atomic mass is 10.1. The van der Waals surface area contributed by atoms with Crippen LogP contribution in [-0.4, -0.2) is 33.5 Å². The Hall–Kier alpha value is -3.22. The van der Waals surface area contributed by atoms with E-state index in [1.807, 2.05) is 0 Å². The lowest BCUT2D eigenvalue weighted by molar-refractivity contribution is -0.136. The Morgan fingerprint density at radius 2 is 1.67 bits per heavy atom. The van der Waals surface area contributed by atoms with E-state index in [0.717, 1.165) is 0 Å². The van der Waals surface area contributed by atoms with Gasteiger partial charge in [0.25, 0.3) is 5.91 Å². The third kappa shape index (κ3) is 6.22. The van der Waals surface area contributed by atoms with Crippen molar-refractivity contribution >= 4 is 11.9 Å². The Kier molecular flexibility index (Phi) is 7.05. The summed E-state index contributed by atoms with van der Waals surface area (Å²) in [4.78, 5) is 24.3. The van der Waals surface area contributed by atoms with Crippen LogP contribution in [0.25, 0.3) is 0 Å². The first-order valence-corrected chi connectivity index (χ1v) is 8.27. The minimum Gasteiger partial charge on any atom is -0.502 e. The van der Waals surface area contributed by atoms with E-state index < -0.39 is 23.5 Å². The lowest BCUT2D eigenvalue weighted by Gasteiger charge is -2.21. The first kappa shape index (κ1) is 20.1. The summed E-state index contributed by atoms with van der Waals surface area (Å²) in [6.45, 7) is 0.299. The number of carboxylic acids is 1. The lowest BCUT2D eigenvalue weighted by Crippen LogP contribution is -2.31. The van der Waals surface area contributed by atoms with Crippen LogP contribution < -0.4 is 0 Å². The van der Waals surface area contributed by atoms with Crippen LogP contribution in [-0.2, 0) is 22.6 Å². The molecule has 0 heterocycles. The Balaban J connectivity index is 2.09. The van der Waals surface area contributed by atoms with Crippen molar-refractivity contribution in [3.8, 4) is 0 Å². The molecular weight excluding hydrogens is 356 g/mol. The number of hydrogen-bond donors (Lipinski definition) is 2. The van der Waals surface area contributed by atoms with Crippen LogP contribution in [0.5, 0.6) is 0 Å². The molecule has 0 radical (unpaired) electrons. The summed E-state index contributed by atoms with van der Waals surface area (Å²) >= 11 is 0. The van der Waals surface area contributed by atoms with Crippen LogP contribution in [0.1, 0.15) is 17.5 Å². The SMILES string of the molecule is O=C(O)C(O)=CC(=O)N(CCCc1ccccc1F)Cc1ccc(F)cc1. The van der Waals surface area contributed by atoms with Gasteiger partial charge < -0.3 is 15.1 Å². The number of carbonyl (C=O) groups excluding carboxylic acids is 1. The van der Waals surface area contributed by atoms with Gasteiger partial charge in [-0.25, -0.2) is 13.6 Å². The molecule has 0 atom stereocenters. The molecule has 0 saturated heterocycles. The monoisotopic (exact) mass is 375 g/mol. The number of aliphatic hydroxyl groups excluding tert-OH is 1. The number of carboxylic acid groups (broad SMARTS) is 1. The third-order valence-corrected chi connectivity index (χ3v) is 3.91. The fourth-order valence-corrected chi connectivity index (χ4v) is 2.51. The van der Waals surface area contributed by atoms with Crippen LogP contribution in [0, 0.1) is 11.6 Å². The van der Waals surface area contributed by atoms with Crippen molar-refractivity contribution in [1.29, 1.82) is 0 Å². The van der Waals surface area contributed by atoms with Gasteiger partial charge in [-0.2, -0.15) is 0 Å². The van der Waals surface area contributed by atoms with Crippen LogP contribution in [0.15, 0.2) is 60.4 Å². The Labute approximate surface area is 155 Å². The first-order chi connectivity index (χ1) is 12.9. The topological polar surface area (TPSA) is 77.8 Å². The summed E-state index contributed by atoms with van der Waals surface area (Å²) in [7, 11) is 0. The number of nitrogens with zero attached hydrogens (tertiary/aromatic N) is 1. The number of aryl methyl sites for hydroxylation is 1. The number of aliphatic carboxylic acids is 1. The maximum atomic E-state index is 13.7. The number of carbonyl (C=O) groups is 2. The van der Waals surface area contributed by atoms with Gasteiger partial charge in [-0.1, -0.05) is 30.3 Å². The molecule has 0 aliphatic carbocycles. The van der Waals surface area contributed by atoms with Crippen LogP contribution >= 0.6 is 0 Å². The van der Waals surface area contributed by atoms with Gasteiger partial charge in [0.15, 0.2) is 0 Å². The van der Waals surface area contributed by atoms with E-state index in [2.05, 4.69) is 0 Å². The van der Waals surface area contributed by atoms with Gasteiger partial charge in [0.2, 0.25) is 5.76 Å². The number of amides is 1. The van der Waals surface area contributed by atoms with E-state index in [1.54, 1.807) is 18.2 Å². The molecule has 2 aromatic carbocycles. The number of halogens is 2. The summed E-state index contributed by atoms with van der Waals surface area (Å²) < 4.78 is 26.7. The second kappa shape index (κ2) is 9.47. The average molecular weight is 375 g/mol. The van der Waals surface area contributed by atoms with Gasteiger partial charge >= 0.3 is 5.97 Å². The molecule has 0 aliphatic heterocycles. The fourth-order valence-electron chi connectivity index (χ4n) is 2.51. The zero-order valence-electron chi connectivity index (χ0n) is 14.4. The largest absolute Gasteiger partial charge is 0.502 e. The Morgan fingerprint density at radius 3 is 2.30 bits per heavy atom. The van der Waals surface area contributed by atoms with Crippen LogP contribution in [0.2, 0.25) is 0 Å². The zero-order valence-corrected chi connectivity index (χ0v) is 14.4. The summed E-state index contributed by atoms with van der Waals surface area (Å²) in [5, 5.41) is 18.0. The van der Waals surface area contributed by atoms with E-state index in [9.17, 15) is 23.5 Å². The van der Waals surface area contributed by atoms with Gasteiger partial charge in [-0.3, -0.25) is 4.79 Å². The molecule has 0 unspecified atom stereocenters. The minimum atomic E-state index is -1.61. The van der Waals surface area contributed by atoms with Crippen molar-refractivity contribution in [3.63, 3.8) is 0 Å². The van der Waals surface area contributed by atoms with E-state index in [0.29, 0.717) is 30.0 Å². The summed E-state index contributed by atoms with van der Waals surface area (Å²) in [5.74, 6) is -4.14. The average Bonchev–Trinajstić information content (AvgIpc) is 2.63. The molecule has 0 aliphatic rings. The fraction of sp³-hybridized carbons (Fsp3) is 0.200. The molecule has 0 bridgehead atoms. The highest BCUT2D eigenvalue weighted by Gasteiger charge is 2.16. The third-order valence-electron chi connectivity index (χ3n) is 3.91. The summed E-state index contributed by atoms with van der Waals surface area (Å²) in [6.07, 6.45) is 1.43. The highest BCUT2D eigenvalue weighted by molar-refractivity contribution is 5.96. The van der Waals surface area contributed by atoms with Gasteiger partial charge in [0, 0.05) is 13.1 Å². The quantitative estimate of drug-likeness (QED) is 0.547. The maximum Gasteiger partial charge on any atom is 0.371 e. The Bertz CT molecular complexity index is 834. The van der Waals surface area contributed by atoms with Gasteiger partial charge in [0.1, 0.15) is 11.6 Å². The summed E-state index contributed by atoms with van der Waals surface area (Å²) in [5.41, 5.74) is 1.15. The number of aliphatic hydroxyl groups is 1. The Morgan fingerprint density at radius 1 is 1.00 bits per heavy atom. The second-order valence-electron chi connectivity index (χ2n) is 5.92. The number of hydrogen-bond acceptors (Lipinski definition) is 3. The highest BCUT2D eigenvalue weighted by atomic mass is 19.1. The van der Waals surface area contributed by atoms with Gasteiger partial charge in [-0.05, 0) is 42.2 Å². The molecule has 0 spiro atoms. The molecule has 0 fully saturated rings. The zero-order chi connectivity index (χ0) is 19.8. The molecule has 2 rings (SSSR count). The standard InChI is InChI=1S/C20H19F2NO4/c21-16-9-7-14(8-10-16)13-23(19(25)12-18(24)20(26)27)11-3-5-15-4-1-2-6-17(15)22/h1-2,4,6-10,12,24H,3,5,11,13H2,(H,26,27).